The maximum Gasteiger partial charge on any atom is 0.330 e. The Labute approximate surface area is 121 Å². The van der Waals surface area contributed by atoms with E-state index in [2.05, 4.69) is 20.4 Å². The van der Waals surface area contributed by atoms with Crippen LogP contribution < -0.4 is 20.7 Å². The van der Waals surface area contributed by atoms with Crippen molar-refractivity contribution in [3.05, 3.63) is 29.8 Å². The number of anilines is 1. The monoisotopic (exact) mass is 291 g/mol. The topological polar surface area (TPSA) is 115 Å². The van der Waals surface area contributed by atoms with Crippen LogP contribution in [-0.4, -0.2) is 26.2 Å². The van der Waals surface area contributed by atoms with Crippen LogP contribution in [0.5, 0.6) is 17.8 Å². The molecule has 4 N–H and O–H groups in total. The number of hydrazine groups is 1. The van der Waals surface area contributed by atoms with E-state index in [1.807, 2.05) is 13.8 Å². The number of nitrogens with one attached hydrogen (secondary N) is 1. The second kappa shape index (κ2) is 6.82. The molecule has 0 aliphatic carbocycles. The van der Waals surface area contributed by atoms with Gasteiger partial charge in [-0.3, -0.25) is 5.43 Å². The van der Waals surface area contributed by atoms with Gasteiger partial charge in [0, 0.05) is 0 Å². The summed E-state index contributed by atoms with van der Waals surface area (Å²) < 4.78 is 10.9. The lowest BCUT2D eigenvalue weighted by Gasteiger charge is -2.10. The molecule has 0 saturated carbocycles. The van der Waals surface area contributed by atoms with Crippen molar-refractivity contribution in [3.8, 4) is 17.8 Å². The van der Waals surface area contributed by atoms with Gasteiger partial charge in [0.25, 0.3) is 0 Å². The van der Waals surface area contributed by atoms with Gasteiger partial charge in [0.15, 0.2) is 0 Å². The molecule has 21 heavy (non-hydrogen) atoms. The van der Waals surface area contributed by atoms with E-state index < -0.39 is 0 Å². The summed E-state index contributed by atoms with van der Waals surface area (Å²) in [5.41, 5.74) is 3.11. The van der Waals surface area contributed by atoms with Crippen LogP contribution in [0.1, 0.15) is 19.4 Å². The molecule has 1 aromatic carbocycles. The summed E-state index contributed by atoms with van der Waals surface area (Å²) in [4.78, 5) is 12.0. The van der Waals surface area contributed by atoms with E-state index in [0.717, 1.165) is 5.56 Å². The number of ether oxygens (including phenoxy) is 2. The molecule has 2 rings (SSSR count). The highest BCUT2D eigenvalue weighted by atomic mass is 16.5. The lowest BCUT2D eigenvalue weighted by molar-refractivity contribution is 0.218. The predicted octanol–water partition coefficient (Wildman–Crippen LogP) is 1.23. The standard InChI is InChI=1S/C13H17N5O3/c1-8(2)20-12-15-11(18-14)16-13(17-12)21-10-5-3-9(7-19)4-6-10/h3-6,8,19H,7,14H2,1-2H3,(H,15,16,17,18). The quantitative estimate of drug-likeness (QED) is 0.537. The largest absolute Gasteiger partial charge is 0.461 e. The van der Waals surface area contributed by atoms with Crippen molar-refractivity contribution in [1.82, 2.24) is 15.0 Å². The maximum absolute atomic E-state index is 8.99. The smallest absolute Gasteiger partial charge is 0.330 e. The molecule has 0 saturated heterocycles. The van der Waals surface area contributed by atoms with Crippen LogP contribution >= 0.6 is 0 Å². The van der Waals surface area contributed by atoms with Crippen LogP contribution in [-0.2, 0) is 6.61 Å². The van der Waals surface area contributed by atoms with Crippen LogP contribution in [0.3, 0.4) is 0 Å². The normalized spacial score (nSPS) is 10.5. The van der Waals surface area contributed by atoms with Crippen molar-refractivity contribution in [2.24, 2.45) is 5.84 Å². The Morgan fingerprint density at radius 2 is 1.81 bits per heavy atom. The third-order valence-electron chi connectivity index (χ3n) is 2.38. The van der Waals surface area contributed by atoms with Crippen LogP contribution in [0.25, 0.3) is 0 Å². The Morgan fingerprint density at radius 3 is 2.38 bits per heavy atom. The second-order valence-corrected chi connectivity index (χ2v) is 4.44. The Hall–Kier alpha value is -2.45. The third-order valence-corrected chi connectivity index (χ3v) is 2.38. The molecule has 2 aromatic rings. The minimum atomic E-state index is -0.0882. The van der Waals surface area contributed by atoms with E-state index in [9.17, 15) is 0 Å². The lowest BCUT2D eigenvalue weighted by Crippen LogP contribution is -2.14. The highest BCUT2D eigenvalue weighted by molar-refractivity contribution is 5.31. The molecule has 0 spiro atoms. The molecule has 0 bridgehead atoms. The van der Waals surface area contributed by atoms with E-state index in [4.69, 9.17) is 20.4 Å². The van der Waals surface area contributed by atoms with E-state index in [1.165, 1.54) is 0 Å². The first-order chi connectivity index (χ1) is 10.1. The highest BCUT2D eigenvalue weighted by Gasteiger charge is 2.10. The van der Waals surface area contributed by atoms with Gasteiger partial charge in [-0.25, -0.2) is 5.84 Å². The first-order valence-corrected chi connectivity index (χ1v) is 6.37. The molecule has 0 atom stereocenters. The summed E-state index contributed by atoms with van der Waals surface area (Å²) in [6, 6.07) is 7.07. The molecule has 0 aliphatic rings. The fraction of sp³-hybridized carbons (Fsp3) is 0.308. The Kier molecular flexibility index (Phi) is 4.85. The summed E-state index contributed by atoms with van der Waals surface area (Å²) in [6.07, 6.45) is -0.0882. The third kappa shape index (κ3) is 4.26. The molecule has 8 nitrogen and oxygen atoms in total. The van der Waals surface area contributed by atoms with Crippen molar-refractivity contribution in [2.75, 3.05) is 5.43 Å². The summed E-state index contributed by atoms with van der Waals surface area (Å²) >= 11 is 0. The van der Waals surface area contributed by atoms with Gasteiger partial charge < -0.3 is 14.6 Å². The number of aliphatic hydroxyl groups is 1. The van der Waals surface area contributed by atoms with Crippen LogP contribution in [0.15, 0.2) is 24.3 Å². The number of aliphatic hydroxyl groups excluding tert-OH is 1. The van der Waals surface area contributed by atoms with Gasteiger partial charge in [-0.15, -0.1) is 4.98 Å². The maximum atomic E-state index is 8.99. The van der Waals surface area contributed by atoms with Crippen molar-refractivity contribution < 1.29 is 14.6 Å². The molecular weight excluding hydrogens is 274 g/mol. The van der Waals surface area contributed by atoms with E-state index in [0.29, 0.717) is 5.75 Å². The molecule has 1 aromatic heterocycles. The first-order valence-electron chi connectivity index (χ1n) is 6.37. The average molecular weight is 291 g/mol. The first kappa shape index (κ1) is 14.9. The fourth-order valence-corrected chi connectivity index (χ4v) is 1.48. The van der Waals surface area contributed by atoms with Crippen LogP contribution in [0, 0.1) is 0 Å². The van der Waals surface area contributed by atoms with E-state index in [-0.39, 0.29) is 30.7 Å². The summed E-state index contributed by atoms with van der Waals surface area (Å²) in [7, 11) is 0. The van der Waals surface area contributed by atoms with Gasteiger partial charge >= 0.3 is 12.0 Å². The molecule has 0 radical (unpaired) electrons. The molecule has 112 valence electrons. The van der Waals surface area contributed by atoms with Gasteiger partial charge in [-0.1, -0.05) is 12.1 Å². The number of aromatic nitrogens is 3. The molecular formula is C13H17N5O3. The number of hydrogen-bond donors (Lipinski definition) is 3. The zero-order valence-electron chi connectivity index (χ0n) is 11.8. The van der Waals surface area contributed by atoms with Crippen molar-refractivity contribution in [1.29, 1.82) is 0 Å². The van der Waals surface area contributed by atoms with E-state index >= 15 is 0 Å². The molecule has 1 heterocycles. The number of nitrogens with zero attached hydrogens (tertiary/aromatic N) is 3. The SMILES string of the molecule is CC(C)Oc1nc(NN)nc(Oc2ccc(CO)cc2)n1. The predicted molar refractivity (Wildman–Crippen MR) is 75.8 cm³/mol. The zero-order chi connectivity index (χ0) is 15.2. The number of nitrogen functional groups attached to an aromatic ring is 1. The van der Waals surface area contributed by atoms with Crippen LogP contribution in [0.2, 0.25) is 0 Å². The van der Waals surface area contributed by atoms with Crippen molar-refractivity contribution in [2.45, 2.75) is 26.6 Å². The molecule has 0 fully saturated rings. The van der Waals surface area contributed by atoms with Crippen LogP contribution in [0.4, 0.5) is 5.95 Å². The zero-order valence-corrected chi connectivity index (χ0v) is 11.8. The average Bonchev–Trinajstić information content (AvgIpc) is 2.47. The van der Waals surface area contributed by atoms with Gasteiger partial charge in [-0.05, 0) is 31.5 Å². The summed E-state index contributed by atoms with van der Waals surface area (Å²) in [5, 5.41) is 8.99. The lowest BCUT2D eigenvalue weighted by atomic mass is 10.2. The Balaban J connectivity index is 2.20. The number of rotatable bonds is 6. The number of hydrogen-bond acceptors (Lipinski definition) is 8. The molecule has 0 amide bonds. The Bertz CT molecular complexity index is 589. The molecule has 8 heteroatoms. The summed E-state index contributed by atoms with van der Waals surface area (Å²) in [6.45, 7) is 3.68. The minimum Gasteiger partial charge on any atom is -0.461 e. The minimum absolute atomic E-state index is 0.0281. The molecule has 0 unspecified atom stereocenters. The number of nitrogens with two attached hydrogens (primary N) is 1. The highest BCUT2D eigenvalue weighted by Crippen LogP contribution is 2.21. The Morgan fingerprint density at radius 1 is 1.14 bits per heavy atom. The number of benzene rings is 1. The van der Waals surface area contributed by atoms with E-state index in [1.54, 1.807) is 24.3 Å². The van der Waals surface area contributed by atoms with Gasteiger partial charge in [-0.2, -0.15) is 9.97 Å². The molecule has 0 aliphatic heterocycles. The van der Waals surface area contributed by atoms with Gasteiger partial charge in [0.1, 0.15) is 5.75 Å². The van der Waals surface area contributed by atoms with Crippen molar-refractivity contribution >= 4 is 5.95 Å². The second-order valence-electron chi connectivity index (χ2n) is 4.44. The van der Waals surface area contributed by atoms with Gasteiger partial charge in [0.2, 0.25) is 5.95 Å². The summed E-state index contributed by atoms with van der Waals surface area (Å²) in [5.74, 6) is 5.97. The van der Waals surface area contributed by atoms with Gasteiger partial charge in [0.05, 0.1) is 12.7 Å². The fourth-order valence-electron chi connectivity index (χ4n) is 1.48. The van der Waals surface area contributed by atoms with Crippen molar-refractivity contribution in [3.63, 3.8) is 0 Å².